The van der Waals surface area contributed by atoms with Crippen molar-refractivity contribution in [3.8, 4) is 5.75 Å². The van der Waals surface area contributed by atoms with Crippen molar-refractivity contribution in [2.75, 3.05) is 0 Å². The quantitative estimate of drug-likeness (QED) is 0.619. The number of imide groups is 1. The first kappa shape index (κ1) is 19.4. The van der Waals surface area contributed by atoms with Gasteiger partial charge in [0.2, 0.25) is 0 Å². The van der Waals surface area contributed by atoms with Crippen LogP contribution < -0.4 is 20.9 Å². The van der Waals surface area contributed by atoms with Crippen molar-refractivity contribution >= 4 is 11.9 Å². The molecule has 0 spiro atoms. The maximum absolute atomic E-state index is 12.8. The fraction of sp³-hybridized carbons (Fsp3) is 0.174. The molecule has 1 fully saturated rings. The first-order valence-electron chi connectivity index (χ1n) is 9.55. The van der Waals surface area contributed by atoms with Gasteiger partial charge in [-0.05, 0) is 36.2 Å². The van der Waals surface area contributed by atoms with Crippen molar-refractivity contribution in [3.05, 3.63) is 100.0 Å². The van der Waals surface area contributed by atoms with Crippen molar-refractivity contribution in [2.45, 2.75) is 25.6 Å². The summed E-state index contributed by atoms with van der Waals surface area (Å²) >= 11 is 0. The Morgan fingerprint density at radius 2 is 1.67 bits per heavy atom. The van der Waals surface area contributed by atoms with Crippen molar-refractivity contribution in [2.24, 2.45) is 0 Å². The van der Waals surface area contributed by atoms with Crippen LogP contribution in [0, 0.1) is 6.92 Å². The first-order valence-corrected chi connectivity index (χ1v) is 9.55. The zero-order valence-corrected chi connectivity index (χ0v) is 16.4. The minimum atomic E-state index is -1.38. The second kappa shape index (κ2) is 7.87. The average Bonchev–Trinajstić information content (AvgIpc) is 3.05. The minimum Gasteiger partial charge on any atom is -0.489 e. The summed E-state index contributed by atoms with van der Waals surface area (Å²) in [6.45, 7) is 2.11. The molecule has 1 aromatic heterocycles. The fourth-order valence-electron chi connectivity index (χ4n) is 3.51. The number of carbonyl (C=O) groups excluding carboxylic acids is 2. The van der Waals surface area contributed by atoms with Crippen molar-refractivity contribution < 1.29 is 14.3 Å². The molecule has 1 unspecified atom stereocenters. The van der Waals surface area contributed by atoms with Gasteiger partial charge in [-0.25, -0.2) is 4.79 Å². The number of ether oxygens (including phenoxy) is 1. The van der Waals surface area contributed by atoms with Gasteiger partial charge in [0.15, 0.2) is 5.54 Å². The molecule has 7 nitrogen and oxygen atoms in total. The van der Waals surface area contributed by atoms with E-state index in [1.54, 1.807) is 49.5 Å². The number of hydrogen-bond donors (Lipinski definition) is 2. The standard InChI is InChI=1S/C23H21N3O4/c1-16-6-5-13-26(20(16)27)15-23(21(28)24-22(29)25-23)18-9-11-19(12-10-18)30-14-17-7-3-2-4-8-17/h2-13H,14-15H2,1H3,(H2,24,25,28,29). The molecule has 0 radical (unpaired) electrons. The van der Waals surface area contributed by atoms with Gasteiger partial charge in [0.05, 0.1) is 6.54 Å². The number of amides is 3. The molecule has 3 amide bonds. The average molecular weight is 403 g/mol. The van der Waals surface area contributed by atoms with Crippen LogP contribution >= 0.6 is 0 Å². The largest absolute Gasteiger partial charge is 0.489 e. The van der Waals surface area contributed by atoms with Crippen molar-refractivity contribution in [1.29, 1.82) is 0 Å². The van der Waals surface area contributed by atoms with Gasteiger partial charge in [-0.2, -0.15) is 0 Å². The van der Waals surface area contributed by atoms with Crippen LogP contribution in [0.2, 0.25) is 0 Å². The summed E-state index contributed by atoms with van der Waals surface area (Å²) in [5.41, 5.74) is 0.563. The number of nitrogens with zero attached hydrogens (tertiary/aromatic N) is 1. The first-order chi connectivity index (χ1) is 14.5. The summed E-state index contributed by atoms with van der Waals surface area (Å²) in [6, 6.07) is 19.6. The van der Waals surface area contributed by atoms with Crippen LogP contribution in [0.3, 0.4) is 0 Å². The molecule has 7 heteroatoms. The number of carbonyl (C=O) groups is 2. The Bertz CT molecular complexity index is 1140. The van der Waals surface area contributed by atoms with Gasteiger partial charge in [-0.1, -0.05) is 48.5 Å². The number of benzene rings is 2. The molecule has 1 aliphatic rings. The summed E-state index contributed by atoms with van der Waals surface area (Å²) in [4.78, 5) is 37.2. The Kier molecular flexibility index (Phi) is 5.10. The lowest BCUT2D eigenvalue weighted by molar-refractivity contribution is -0.124. The molecule has 1 atom stereocenters. The smallest absolute Gasteiger partial charge is 0.322 e. The van der Waals surface area contributed by atoms with E-state index in [9.17, 15) is 14.4 Å². The second-order valence-electron chi connectivity index (χ2n) is 7.24. The highest BCUT2D eigenvalue weighted by atomic mass is 16.5. The van der Waals surface area contributed by atoms with Crippen LogP contribution in [0.1, 0.15) is 16.7 Å². The van der Waals surface area contributed by atoms with E-state index in [1.165, 1.54) is 4.57 Å². The van der Waals surface area contributed by atoms with Gasteiger partial charge in [0.25, 0.3) is 11.5 Å². The molecule has 1 aliphatic heterocycles. The molecular formula is C23H21N3O4. The second-order valence-corrected chi connectivity index (χ2v) is 7.24. The van der Waals surface area contributed by atoms with Crippen LogP contribution in [0.25, 0.3) is 0 Å². The maximum atomic E-state index is 12.8. The Morgan fingerprint density at radius 3 is 2.33 bits per heavy atom. The summed E-state index contributed by atoms with van der Waals surface area (Å²) in [7, 11) is 0. The number of aryl methyl sites for hydroxylation is 1. The summed E-state index contributed by atoms with van der Waals surface area (Å²) in [6.07, 6.45) is 1.60. The van der Waals surface area contributed by atoms with Crippen LogP contribution in [-0.4, -0.2) is 16.5 Å². The van der Waals surface area contributed by atoms with Crippen LogP contribution in [-0.2, 0) is 23.5 Å². The Morgan fingerprint density at radius 1 is 0.933 bits per heavy atom. The third-order valence-corrected chi connectivity index (χ3v) is 5.15. The lowest BCUT2D eigenvalue weighted by Gasteiger charge is -2.27. The van der Waals surface area contributed by atoms with E-state index in [0.717, 1.165) is 5.56 Å². The monoisotopic (exact) mass is 403 g/mol. The molecule has 0 aliphatic carbocycles. The molecule has 3 aromatic rings. The highest BCUT2D eigenvalue weighted by molar-refractivity contribution is 6.07. The van der Waals surface area contributed by atoms with Gasteiger partial charge < -0.3 is 14.6 Å². The molecule has 2 heterocycles. The van der Waals surface area contributed by atoms with Crippen molar-refractivity contribution in [3.63, 3.8) is 0 Å². The zero-order valence-electron chi connectivity index (χ0n) is 16.4. The molecule has 2 N–H and O–H groups in total. The number of pyridine rings is 1. The summed E-state index contributed by atoms with van der Waals surface area (Å²) in [5.74, 6) is 0.133. The summed E-state index contributed by atoms with van der Waals surface area (Å²) < 4.78 is 7.23. The van der Waals surface area contributed by atoms with E-state index in [1.807, 2.05) is 30.3 Å². The zero-order chi connectivity index (χ0) is 21.1. The Balaban J connectivity index is 1.61. The summed E-state index contributed by atoms with van der Waals surface area (Å²) in [5, 5.41) is 4.99. The van der Waals surface area contributed by atoms with Crippen LogP contribution in [0.5, 0.6) is 5.75 Å². The van der Waals surface area contributed by atoms with E-state index >= 15 is 0 Å². The van der Waals surface area contributed by atoms with Gasteiger partial charge in [-0.3, -0.25) is 14.9 Å². The third-order valence-electron chi connectivity index (χ3n) is 5.15. The van der Waals surface area contributed by atoms with Crippen molar-refractivity contribution in [1.82, 2.24) is 15.2 Å². The molecule has 2 aromatic carbocycles. The molecule has 1 saturated heterocycles. The SMILES string of the molecule is Cc1cccn(CC2(c3ccc(OCc4ccccc4)cc3)NC(=O)NC2=O)c1=O. The predicted octanol–water partition coefficient (Wildman–Crippen LogP) is 2.47. The molecule has 152 valence electrons. The highest BCUT2D eigenvalue weighted by Crippen LogP contribution is 2.28. The Hall–Kier alpha value is -3.87. The lowest BCUT2D eigenvalue weighted by atomic mass is 9.89. The van der Waals surface area contributed by atoms with Crippen LogP contribution in [0.4, 0.5) is 4.79 Å². The van der Waals surface area contributed by atoms with E-state index in [4.69, 9.17) is 4.74 Å². The molecule has 4 rings (SSSR count). The molecular weight excluding hydrogens is 382 g/mol. The molecule has 30 heavy (non-hydrogen) atoms. The lowest BCUT2D eigenvalue weighted by Crippen LogP contribution is -2.49. The topological polar surface area (TPSA) is 89.4 Å². The number of rotatable bonds is 6. The van der Waals surface area contributed by atoms with E-state index < -0.39 is 17.5 Å². The van der Waals surface area contributed by atoms with Gasteiger partial charge in [0.1, 0.15) is 12.4 Å². The maximum Gasteiger partial charge on any atom is 0.322 e. The third kappa shape index (κ3) is 3.69. The van der Waals surface area contributed by atoms with E-state index in [2.05, 4.69) is 10.6 Å². The highest BCUT2D eigenvalue weighted by Gasteiger charge is 2.48. The van der Waals surface area contributed by atoms with Crippen LogP contribution in [0.15, 0.2) is 77.7 Å². The molecule has 0 saturated carbocycles. The number of aromatic nitrogens is 1. The van der Waals surface area contributed by atoms with E-state index in [-0.39, 0.29) is 12.1 Å². The van der Waals surface area contributed by atoms with Gasteiger partial charge >= 0.3 is 6.03 Å². The predicted molar refractivity (Wildman–Crippen MR) is 111 cm³/mol. The normalized spacial score (nSPS) is 18.0. The molecule has 0 bridgehead atoms. The number of urea groups is 1. The number of nitrogens with one attached hydrogen (secondary N) is 2. The van der Waals surface area contributed by atoms with E-state index in [0.29, 0.717) is 23.5 Å². The van der Waals surface area contributed by atoms with Gasteiger partial charge in [-0.15, -0.1) is 0 Å². The van der Waals surface area contributed by atoms with Gasteiger partial charge in [0, 0.05) is 11.8 Å². The minimum absolute atomic E-state index is 0.0185. The Labute approximate surface area is 173 Å². The fourth-order valence-corrected chi connectivity index (χ4v) is 3.51. The number of hydrogen-bond acceptors (Lipinski definition) is 4.